The second-order valence-electron chi connectivity index (χ2n) is 4.27. The van der Waals surface area contributed by atoms with Crippen molar-refractivity contribution >= 4 is 21.8 Å². The highest BCUT2D eigenvalue weighted by molar-refractivity contribution is 7.79. The lowest BCUT2D eigenvalue weighted by Gasteiger charge is -2.14. The van der Waals surface area contributed by atoms with Gasteiger partial charge in [-0.3, -0.25) is 9.11 Å². The van der Waals surface area contributed by atoms with Crippen molar-refractivity contribution in [2.24, 2.45) is 0 Å². The summed E-state index contributed by atoms with van der Waals surface area (Å²) in [7, 11) is -4.67. The molecule has 1 aromatic rings. The van der Waals surface area contributed by atoms with E-state index >= 15 is 0 Å². The summed E-state index contributed by atoms with van der Waals surface area (Å²) in [6.45, 7) is 5.88. The molecule has 1 unspecified atom stereocenters. The number of benzene rings is 1. The molecule has 0 aromatic heterocycles. The standard InChI is InChI=1S/C11H18N2O.H2O4S/c1-7(2)10-6-9(13-8(3)14)4-5-11(10)12;1-5(2,3)4/h4-8,13-14H,12H2,1-3H3;(H2,1,2,3,4). The first-order valence-corrected chi connectivity index (χ1v) is 6.94. The van der Waals surface area contributed by atoms with Gasteiger partial charge in [-0.1, -0.05) is 13.8 Å². The first-order valence-electron chi connectivity index (χ1n) is 5.54. The highest BCUT2D eigenvalue weighted by atomic mass is 32.3. The molecule has 1 atom stereocenters. The second-order valence-corrected chi connectivity index (χ2v) is 5.16. The molecule has 0 heterocycles. The zero-order valence-electron chi connectivity index (χ0n) is 11.0. The van der Waals surface area contributed by atoms with Gasteiger partial charge in [-0.25, -0.2) is 0 Å². The molecule has 0 aliphatic carbocycles. The van der Waals surface area contributed by atoms with Gasteiger partial charge in [-0.05, 0) is 36.6 Å². The Morgan fingerprint density at radius 1 is 1.21 bits per heavy atom. The minimum absolute atomic E-state index is 0.394. The monoisotopic (exact) mass is 292 g/mol. The van der Waals surface area contributed by atoms with Crippen LogP contribution in [0, 0.1) is 0 Å². The normalized spacial score (nSPS) is 12.6. The Bertz CT molecular complexity index is 492. The Morgan fingerprint density at radius 2 is 1.68 bits per heavy atom. The quantitative estimate of drug-likeness (QED) is 0.324. The first-order chi connectivity index (χ1) is 8.50. The van der Waals surface area contributed by atoms with Crippen LogP contribution in [-0.2, 0) is 10.4 Å². The Balaban J connectivity index is 0.000000555. The maximum atomic E-state index is 9.16. The summed E-state index contributed by atoms with van der Waals surface area (Å²) < 4.78 is 31.6. The van der Waals surface area contributed by atoms with Crippen molar-refractivity contribution in [1.29, 1.82) is 0 Å². The maximum Gasteiger partial charge on any atom is 0.394 e. The van der Waals surface area contributed by atoms with E-state index in [0.717, 1.165) is 16.9 Å². The molecule has 6 N–H and O–H groups in total. The second kappa shape index (κ2) is 7.29. The van der Waals surface area contributed by atoms with Gasteiger partial charge < -0.3 is 16.2 Å². The molecule has 0 saturated carbocycles. The number of aliphatic hydroxyl groups is 1. The highest BCUT2D eigenvalue weighted by Gasteiger charge is 2.05. The summed E-state index contributed by atoms with van der Waals surface area (Å²) in [6, 6.07) is 5.71. The van der Waals surface area contributed by atoms with Crippen LogP contribution in [-0.4, -0.2) is 28.9 Å². The van der Waals surface area contributed by atoms with Crippen LogP contribution in [0.4, 0.5) is 11.4 Å². The molecule has 0 saturated heterocycles. The van der Waals surface area contributed by atoms with Crippen molar-refractivity contribution in [2.75, 3.05) is 11.1 Å². The van der Waals surface area contributed by atoms with Gasteiger partial charge in [-0.15, -0.1) is 0 Å². The largest absolute Gasteiger partial charge is 0.398 e. The Labute approximate surface area is 113 Å². The number of rotatable bonds is 3. The van der Waals surface area contributed by atoms with Gasteiger partial charge in [0.15, 0.2) is 0 Å². The number of anilines is 2. The van der Waals surface area contributed by atoms with Crippen molar-refractivity contribution in [3.05, 3.63) is 23.8 Å². The van der Waals surface area contributed by atoms with Crippen molar-refractivity contribution in [3.63, 3.8) is 0 Å². The van der Waals surface area contributed by atoms with Gasteiger partial charge in [0.2, 0.25) is 0 Å². The Kier molecular flexibility index (Phi) is 6.77. The zero-order valence-corrected chi connectivity index (χ0v) is 11.8. The fourth-order valence-electron chi connectivity index (χ4n) is 1.41. The van der Waals surface area contributed by atoms with E-state index in [1.807, 2.05) is 18.2 Å². The van der Waals surface area contributed by atoms with Crippen LogP contribution in [0.25, 0.3) is 0 Å². The highest BCUT2D eigenvalue weighted by Crippen LogP contribution is 2.25. The molecular weight excluding hydrogens is 272 g/mol. The Hall–Kier alpha value is -1.35. The fourth-order valence-corrected chi connectivity index (χ4v) is 1.41. The maximum absolute atomic E-state index is 9.16. The summed E-state index contributed by atoms with van der Waals surface area (Å²) in [4.78, 5) is 0. The minimum atomic E-state index is -4.67. The minimum Gasteiger partial charge on any atom is -0.398 e. The molecule has 19 heavy (non-hydrogen) atoms. The molecule has 0 bridgehead atoms. The molecule has 1 aromatic carbocycles. The molecule has 0 radical (unpaired) electrons. The molecule has 1 rings (SSSR count). The van der Waals surface area contributed by atoms with E-state index in [2.05, 4.69) is 19.2 Å². The first kappa shape index (κ1) is 17.6. The molecular formula is C11H20N2O5S. The number of nitrogen functional groups attached to an aromatic ring is 1. The molecule has 0 amide bonds. The van der Waals surface area contributed by atoms with Crippen LogP contribution in [0.1, 0.15) is 32.3 Å². The number of nitrogens with two attached hydrogens (primary N) is 1. The van der Waals surface area contributed by atoms with Gasteiger partial charge in [0.1, 0.15) is 6.23 Å². The summed E-state index contributed by atoms with van der Waals surface area (Å²) in [6.07, 6.45) is -0.543. The van der Waals surface area contributed by atoms with Gasteiger partial charge >= 0.3 is 10.4 Å². The molecule has 8 heteroatoms. The fraction of sp³-hybridized carbons (Fsp3) is 0.455. The lowest BCUT2D eigenvalue weighted by molar-refractivity contribution is 0.224. The zero-order chi connectivity index (χ0) is 15.2. The molecule has 0 fully saturated rings. The van der Waals surface area contributed by atoms with Gasteiger partial charge in [0.25, 0.3) is 0 Å². The van der Waals surface area contributed by atoms with Crippen LogP contribution in [0.15, 0.2) is 18.2 Å². The van der Waals surface area contributed by atoms with Gasteiger partial charge in [-0.2, -0.15) is 8.42 Å². The van der Waals surface area contributed by atoms with E-state index in [9.17, 15) is 0 Å². The average molecular weight is 292 g/mol. The summed E-state index contributed by atoms with van der Waals surface area (Å²) in [5, 5.41) is 12.1. The van der Waals surface area contributed by atoms with Gasteiger partial charge in [0, 0.05) is 11.4 Å². The number of nitrogens with one attached hydrogen (secondary N) is 1. The molecule has 110 valence electrons. The summed E-state index contributed by atoms with van der Waals surface area (Å²) in [5.41, 5.74) is 8.64. The van der Waals surface area contributed by atoms with Crippen LogP contribution in [0.3, 0.4) is 0 Å². The van der Waals surface area contributed by atoms with Crippen LogP contribution in [0.2, 0.25) is 0 Å². The van der Waals surface area contributed by atoms with Crippen LogP contribution >= 0.6 is 0 Å². The topological polar surface area (TPSA) is 133 Å². The molecule has 0 aliphatic heterocycles. The summed E-state index contributed by atoms with van der Waals surface area (Å²) >= 11 is 0. The number of hydrogen-bond acceptors (Lipinski definition) is 5. The third kappa shape index (κ3) is 9.25. The predicted molar refractivity (Wildman–Crippen MR) is 74.4 cm³/mol. The van der Waals surface area contributed by atoms with Crippen molar-refractivity contribution in [2.45, 2.75) is 32.9 Å². The molecule has 7 nitrogen and oxygen atoms in total. The average Bonchev–Trinajstić information content (AvgIpc) is 2.17. The van der Waals surface area contributed by atoms with Crippen LogP contribution < -0.4 is 11.1 Å². The number of aliphatic hydroxyl groups excluding tert-OH is 1. The van der Waals surface area contributed by atoms with E-state index in [0.29, 0.717) is 5.92 Å². The molecule has 0 aliphatic rings. The van der Waals surface area contributed by atoms with E-state index in [4.69, 9.17) is 28.4 Å². The SMILES string of the molecule is CC(O)Nc1ccc(N)c(C(C)C)c1.O=S(=O)(O)O. The third-order valence-corrected chi connectivity index (χ3v) is 2.08. The van der Waals surface area contributed by atoms with E-state index < -0.39 is 16.6 Å². The van der Waals surface area contributed by atoms with Crippen molar-refractivity contribution in [3.8, 4) is 0 Å². The van der Waals surface area contributed by atoms with E-state index in [-0.39, 0.29) is 0 Å². The predicted octanol–water partition coefficient (Wildman–Crippen LogP) is 1.49. The third-order valence-electron chi connectivity index (χ3n) is 2.08. The lowest BCUT2D eigenvalue weighted by atomic mass is 10.0. The Morgan fingerprint density at radius 3 is 2.05 bits per heavy atom. The van der Waals surface area contributed by atoms with Crippen molar-refractivity contribution < 1.29 is 22.6 Å². The van der Waals surface area contributed by atoms with E-state index in [1.165, 1.54) is 0 Å². The lowest BCUT2D eigenvalue weighted by Crippen LogP contribution is -2.13. The van der Waals surface area contributed by atoms with E-state index in [1.54, 1.807) is 6.92 Å². The molecule has 0 spiro atoms. The smallest absolute Gasteiger partial charge is 0.394 e. The van der Waals surface area contributed by atoms with Gasteiger partial charge in [0.05, 0.1) is 0 Å². The number of hydrogen-bond donors (Lipinski definition) is 5. The van der Waals surface area contributed by atoms with Crippen molar-refractivity contribution in [1.82, 2.24) is 0 Å². The van der Waals surface area contributed by atoms with Crippen LogP contribution in [0.5, 0.6) is 0 Å². The summed E-state index contributed by atoms with van der Waals surface area (Å²) in [5.74, 6) is 0.394.